The van der Waals surface area contributed by atoms with Gasteiger partial charge in [0, 0.05) is 24.8 Å². The highest BCUT2D eigenvalue weighted by molar-refractivity contribution is 7.89. The van der Waals surface area contributed by atoms with Crippen LogP contribution >= 0.6 is 0 Å². The lowest BCUT2D eigenvalue weighted by Crippen LogP contribution is -2.32. The number of rotatable bonds is 6. The predicted octanol–water partition coefficient (Wildman–Crippen LogP) is 3.75. The number of carbonyl (C=O) groups is 1. The highest BCUT2D eigenvalue weighted by Crippen LogP contribution is 2.25. The van der Waals surface area contributed by atoms with Crippen LogP contribution in [0.25, 0.3) is 0 Å². The molecule has 2 aromatic rings. The quantitative estimate of drug-likeness (QED) is 0.726. The van der Waals surface area contributed by atoms with Crippen molar-refractivity contribution in [2.45, 2.75) is 37.6 Å². The van der Waals surface area contributed by atoms with Gasteiger partial charge in [0.25, 0.3) is 0 Å². The van der Waals surface area contributed by atoms with Crippen molar-refractivity contribution in [3.05, 3.63) is 59.7 Å². The van der Waals surface area contributed by atoms with E-state index >= 15 is 0 Å². The molecule has 0 amide bonds. The van der Waals surface area contributed by atoms with Crippen LogP contribution < -0.4 is 9.62 Å². The summed E-state index contributed by atoms with van der Waals surface area (Å²) in [7, 11) is -2.51. The molecule has 6 nitrogen and oxygen atoms in total. The van der Waals surface area contributed by atoms with Gasteiger partial charge in [0.2, 0.25) is 10.0 Å². The van der Waals surface area contributed by atoms with E-state index in [1.165, 1.54) is 49.9 Å². The van der Waals surface area contributed by atoms with E-state index in [2.05, 4.69) is 21.3 Å². The van der Waals surface area contributed by atoms with Crippen LogP contribution in [0.1, 0.15) is 48.7 Å². The van der Waals surface area contributed by atoms with Gasteiger partial charge in [0.1, 0.15) is 0 Å². The SMILES string of the molecule is COC(=O)c1cccc(S(=O)(=O)NC(C)c2ccc(N3CCC(C)CC3)cc2)c1. The third-order valence-electron chi connectivity index (χ3n) is 5.44. The standard InChI is InChI=1S/C22H28N2O4S/c1-16-11-13-24(14-12-16)20-9-7-18(8-10-20)17(2)23-29(26,27)21-6-4-5-19(15-21)22(25)28-3/h4-10,15-17,23H,11-14H2,1-3H3. The summed E-state index contributed by atoms with van der Waals surface area (Å²) in [5.74, 6) is 0.204. The van der Waals surface area contributed by atoms with Crippen molar-refractivity contribution in [3.63, 3.8) is 0 Å². The number of hydrogen-bond acceptors (Lipinski definition) is 5. The molecule has 0 spiro atoms. The molecule has 1 N–H and O–H groups in total. The topological polar surface area (TPSA) is 75.7 Å². The molecule has 0 aliphatic carbocycles. The van der Waals surface area contributed by atoms with Gasteiger partial charge in [-0.3, -0.25) is 0 Å². The number of benzene rings is 2. The van der Waals surface area contributed by atoms with Gasteiger partial charge in [0.15, 0.2) is 0 Å². The zero-order valence-corrected chi connectivity index (χ0v) is 17.9. The molecule has 0 aromatic heterocycles. The summed E-state index contributed by atoms with van der Waals surface area (Å²) in [4.78, 5) is 14.1. The molecule has 0 bridgehead atoms. The van der Waals surface area contributed by atoms with Gasteiger partial charge in [-0.25, -0.2) is 17.9 Å². The summed E-state index contributed by atoms with van der Waals surface area (Å²) in [5, 5.41) is 0. The first-order chi connectivity index (χ1) is 13.8. The fraction of sp³-hybridized carbons (Fsp3) is 0.409. The van der Waals surface area contributed by atoms with Crippen molar-refractivity contribution >= 4 is 21.7 Å². The van der Waals surface area contributed by atoms with Crippen molar-refractivity contribution in [2.24, 2.45) is 5.92 Å². The lowest BCUT2D eigenvalue weighted by Gasteiger charge is -2.32. The molecule has 1 heterocycles. The largest absolute Gasteiger partial charge is 0.465 e. The van der Waals surface area contributed by atoms with E-state index in [9.17, 15) is 13.2 Å². The summed E-state index contributed by atoms with van der Waals surface area (Å²) in [5.41, 5.74) is 2.25. The number of nitrogens with zero attached hydrogens (tertiary/aromatic N) is 1. The molecule has 1 unspecified atom stereocenters. The minimum absolute atomic E-state index is 0.0336. The van der Waals surface area contributed by atoms with E-state index < -0.39 is 22.0 Å². The maximum absolute atomic E-state index is 12.8. The molecular weight excluding hydrogens is 388 g/mol. The number of ether oxygens (including phenoxy) is 1. The van der Waals surface area contributed by atoms with Crippen molar-refractivity contribution < 1.29 is 17.9 Å². The Morgan fingerprint density at radius 3 is 2.41 bits per heavy atom. The zero-order valence-electron chi connectivity index (χ0n) is 17.1. The fourth-order valence-electron chi connectivity index (χ4n) is 3.52. The van der Waals surface area contributed by atoms with E-state index in [1.54, 1.807) is 6.92 Å². The average molecular weight is 417 g/mol. The van der Waals surface area contributed by atoms with Crippen LogP contribution in [0.4, 0.5) is 5.69 Å². The minimum atomic E-state index is -3.78. The number of piperidine rings is 1. The summed E-state index contributed by atoms with van der Waals surface area (Å²) in [6.07, 6.45) is 2.39. The van der Waals surface area contributed by atoms with Gasteiger partial charge in [-0.05, 0) is 61.6 Å². The predicted molar refractivity (Wildman–Crippen MR) is 114 cm³/mol. The Hall–Kier alpha value is -2.38. The first kappa shape index (κ1) is 21.3. The molecule has 1 fully saturated rings. The minimum Gasteiger partial charge on any atom is -0.465 e. The van der Waals surface area contributed by atoms with Crippen molar-refractivity contribution in [1.29, 1.82) is 0 Å². The van der Waals surface area contributed by atoms with Gasteiger partial charge in [0.05, 0.1) is 17.6 Å². The average Bonchev–Trinajstić information content (AvgIpc) is 2.73. The van der Waals surface area contributed by atoms with Crippen LogP contribution in [0.15, 0.2) is 53.4 Å². The third kappa shape index (κ3) is 5.16. The summed E-state index contributed by atoms with van der Waals surface area (Å²) in [6.45, 7) is 6.20. The molecule has 1 atom stereocenters. The highest BCUT2D eigenvalue weighted by Gasteiger charge is 2.21. The Morgan fingerprint density at radius 2 is 1.79 bits per heavy atom. The van der Waals surface area contributed by atoms with Crippen LogP contribution in [-0.4, -0.2) is 34.6 Å². The van der Waals surface area contributed by atoms with Crippen LogP contribution in [0, 0.1) is 5.92 Å². The number of carbonyl (C=O) groups excluding carboxylic acids is 1. The second-order valence-electron chi connectivity index (χ2n) is 7.62. The lowest BCUT2D eigenvalue weighted by molar-refractivity contribution is 0.0600. The van der Waals surface area contributed by atoms with Crippen LogP contribution in [-0.2, 0) is 14.8 Å². The Labute approximate surface area is 172 Å². The molecule has 156 valence electrons. The monoisotopic (exact) mass is 416 g/mol. The number of hydrogen-bond donors (Lipinski definition) is 1. The molecule has 0 saturated carbocycles. The normalized spacial score (nSPS) is 16.4. The third-order valence-corrected chi connectivity index (χ3v) is 6.98. The van der Waals surface area contributed by atoms with Gasteiger partial charge >= 0.3 is 5.97 Å². The van der Waals surface area contributed by atoms with E-state index in [1.807, 2.05) is 24.3 Å². The second kappa shape index (κ2) is 8.97. The molecule has 2 aromatic carbocycles. The van der Waals surface area contributed by atoms with E-state index in [0.717, 1.165) is 24.6 Å². The van der Waals surface area contributed by atoms with Gasteiger partial charge in [-0.15, -0.1) is 0 Å². The van der Waals surface area contributed by atoms with Crippen LogP contribution in [0.5, 0.6) is 0 Å². The Bertz CT molecular complexity index is 949. The Morgan fingerprint density at radius 1 is 1.14 bits per heavy atom. The molecule has 1 aliphatic heterocycles. The van der Waals surface area contributed by atoms with Crippen molar-refractivity contribution in [1.82, 2.24) is 4.72 Å². The lowest BCUT2D eigenvalue weighted by atomic mass is 9.98. The summed E-state index contributed by atoms with van der Waals surface area (Å²) >= 11 is 0. The number of esters is 1. The fourth-order valence-corrected chi connectivity index (χ4v) is 4.79. The maximum atomic E-state index is 12.8. The molecule has 29 heavy (non-hydrogen) atoms. The van der Waals surface area contributed by atoms with E-state index in [0.29, 0.717) is 0 Å². The first-order valence-electron chi connectivity index (χ1n) is 9.86. The van der Waals surface area contributed by atoms with Crippen molar-refractivity contribution in [2.75, 3.05) is 25.1 Å². The van der Waals surface area contributed by atoms with E-state index in [4.69, 9.17) is 0 Å². The zero-order chi connectivity index (χ0) is 21.0. The maximum Gasteiger partial charge on any atom is 0.337 e. The molecule has 1 saturated heterocycles. The summed E-state index contributed by atoms with van der Waals surface area (Å²) < 4.78 is 32.9. The number of anilines is 1. The summed E-state index contributed by atoms with van der Waals surface area (Å²) in [6, 6.07) is 13.5. The van der Waals surface area contributed by atoms with Crippen LogP contribution in [0.2, 0.25) is 0 Å². The molecule has 0 radical (unpaired) electrons. The van der Waals surface area contributed by atoms with Crippen LogP contribution in [0.3, 0.4) is 0 Å². The second-order valence-corrected chi connectivity index (χ2v) is 9.34. The number of sulfonamides is 1. The van der Waals surface area contributed by atoms with Gasteiger partial charge in [-0.1, -0.05) is 25.1 Å². The highest BCUT2D eigenvalue weighted by atomic mass is 32.2. The number of nitrogens with one attached hydrogen (secondary N) is 1. The van der Waals surface area contributed by atoms with E-state index in [-0.39, 0.29) is 10.5 Å². The molecular formula is C22H28N2O4S. The molecule has 7 heteroatoms. The van der Waals surface area contributed by atoms with Crippen molar-refractivity contribution in [3.8, 4) is 0 Å². The molecule has 3 rings (SSSR count). The van der Waals surface area contributed by atoms with Gasteiger partial charge < -0.3 is 9.64 Å². The smallest absolute Gasteiger partial charge is 0.337 e. The Kier molecular flexibility index (Phi) is 6.59. The molecule has 1 aliphatic rings. The number of methoxy groups -OCH3 is 1. The van der Waals surface area contributed by atoms with Gasteiger partial charge in [-0.2, -0.15) is 0 Å². The Balaban J connectivity index is 1.70. The first-order valence-corrected chi connectivity index (χ1v) is 11.3.